The van der Waals surface area contributed by atoms with E-state index in [4.69, 9.17) is 0 Å². The molecule has 1 saturated carbocycles. The summed E-state index contributed by atoms with van der Waals surface area (Å²) >= 11 is 4.24. The number of aromatic nitrogens is 2. The van der Waals surface area contributed by atoms with E-state index in [0.29, 0.717) is 11.7 Å². The average molecular weight is 222 g/mol. The van der Waals surface area contributed by atoms with Gasteiger partial charge in [-0.15, -0.1) is 0 Å². The molecule has 0 atom stereocenters. The molecule has 0 aromatic carbocycles. The van der Waals surface area contributed by atoms with Gasteiger partial charge in [-0.1, -0.05) is 19.3 Å². The predicted molar refractivity (Wildman–Crippen MR) is 65.3 cm³/mol. The number of thiol groups is 1. The molecule has 1 fully saturated rings. The maximum atomic E-state index is 4.59. The maximum absolute atomic E-state index is 4.59. The van der Waals surface area contributed by atoms with Gasteiger partial charge in [-0.2, -0.15) is 12.6 Å². The fourth-order valence-corrected chi connectivity index (χ4v) is 2.48. The molecule has 1 aromatic heterocycles. The molecule has 0 radical (unpaired) electrons. The molecule has 1 aliphatic rings. The van der Waals surface area contributed by atoms with Gasteiger partial charge < -0.3 is 0 Å². The summed E-state index contributed by atoms with van der Waals surface area (Å²) in [5.41, 5.74) is 2.32. The van der Waals surface area contributed by atoms with E-state index in [1.165, 1.54) is 37.8 Å². The van der Waals surface area contributed by atoms with Crippen LogP contribution in [0.15, 0.2) is 6.07 Å². The van der Waals surface area contributed by atoms with Crippen molar-refractivity contribution in [2.24, 2.45) is 0 Å². The molecule has 0 spiro atoms. The maximum Gasteiger partial charge on any atom is 0.138 e. The van der Waals surface area contributed by atoms with Crippen LogP contribution in [0.2, 0.25) is 0 Å². The monoisotopic (exact) mass is 222 g/mol. The highest BCUT2D eigenvalue weighted by Gasteiger charge is 2.17. The lowest BCUT2D eigenvalue weighted by atomic mass is 9.86. The number of nitrogens with zero attached hydrogens (tertiary/aromatic N) is 2. The molecule has 2 rings (SSSR count). The van der Waals surface area contributed by atoms with Crippen LogP contribution in [0, 0.1) is 6.92 Å². The first kappa shape index (κ1) is 10.9. The molecule has 0 bridgehead atoms. The first-order chi connectivity index (χ1) is 7.29. The summed E-state index contributed by atoms with van der Waals surface area (Å²) in [6, 6.07) is 2.14. The summed E-state index contributed by atoms with van der Waals surface area (Å²) in [5, 5.41) is 0. The van der Waals surface area contributed by atoms with Gasteiger partial charge in [0.25, 0.3) is 0 Å². The smallest absolute Gasteiger partial charge is 0.138 e. The minimum Gasteiger partial charge on any atom is -0.237 e. The number of hydrogen-bond donors (Lipinski definition) is 1. The van der Waals surface area contributed by atoms with Crippen molar-refractivity contribution in [3.05, 3.63) is 23.3 Å². The lowest BCUT2D eigenvalue weighted by Crippen LogP contribution is -2.09. The summed E-state index contributed by atoms with van der Waals surface area (Å²) in [6.45, 7) is 2.04. The summed E-state index contributed by atoms with van der Waals surface area (Å²) in [4.78, 5) is 8.95. The van der Waals surface area contributed by atoms with Crippen LogP contribution in [0.25, 0.3) is 0 Å². The van der Waals surface area contributed by atoms with Crippen LogP contribution in [-0.4, -0.2) is 9.97 Å². The van der Waals surface area contributed by atoms with Crippen LogP contribution in [-0.2, 0) is 5.75 Å². The fraction of sp³-hybridized carbons (Fsp3) is 0.667. The molecule has 2 nitrogen and oxygen atoms in total. The zero-order chi connectivity index (χ0) is 10.7. The van der Waals surface area contributed by atoms with E-state index in [1.807, 2.05) is 6.92 Å². The Balaban J connectivity index is 2.22. The molecule has 1 aliphatic carbocycles. The van der Waals surface area contributed by atoms with Crippen LogP contribution in [0.4, 0.5) is 0 Å². The van der Waals surface area contributed by atoms with Gasteiger partial charge in [0.05, 0.1) is 5.75 Å². The van der Waals surface area contributed by atoms with E-state index >= 15 is 0 Å². The fourth-order valence-electron chi connectivity index (χ4n) is 2.33. The average Bonchev–Trinajstić information content (AvgIpc) is 2.29. The van der Waals surface area contributed by atoms with E-state index in [0.717, 1.165) is 11.5 Å². The van der Waals surface area contributed by atoms with Crippen LogP contribution >= 0.6 is 12.6 Å². The highest BCUT2D eigenvalue weighted by molar-refractivity contribution is 7.79. The Hall–Kier alpha value is -0.570. The third kappa shape index (κ3) is 2.71. The van der Waals surface area contributed by atoms with Gasteiger partial charge in [-0.05, 0) is 25.8 Å². The Morgan fingerprint density at radius 1 is 1.27 bits per heavy atom. The predicted octanol–water partition coefficient (Wildman–Crippen LogP) is 3.26. The van der Waals surface area contributed by atoms with E-state index in [-0.39, 0.29) is 0 Å². The quantitative estimate of drug-likeness (QED) is 0.777. The van der Waals surface area contributed by atoms with Crippen molar-refractivity contribution in [2.45, 2.75) is 50.7 Å². The zero-order valence-corrected chi connectivity index (χ0v) is 10.1. The zero-order valence-electron chi connectivity index (χ0n) is 9.24. The Labute approximate surface area is 96.9 Å². The summed E-state index contributed by atoms with van der Waals surface area (Å²) in [7, 11) is 0. The largest absolute Gasteiger partial charge is 0.237 e. The second-order valence-electron chi connectivity index (χ2n) is 4.34. The molecule has 82 valence electrons. The first-order valence-electron chi connectivity index (χ1n) is 5.75. The van der Waals surface area contributed by atoms with Crippen molar-refractivity contribution in [1.29, 1.82) is 0 Å². The van der Waals surface area contributed by atoms with Gasteiger partial charge in [0, 0.05) is 17.3 Å². The SMILES string of the molecule is Cc1cc(C2CCCCC2)nc(CS)n1. The lowest BCUT2D eigenvalue weighted by molar-refractivity contribution is 0.435. The van der Waals surface area contributed by atoms with Crippen LogP contribution < -0.4 is 0 Å². The molecular formula is C12H18N2S. The number of aryl methyl sites for hydroxylation is 1. The van der Waals surface area contributed by atoms with Crippen molar-refractivity contribution in [2.75, 3.05) is 0 Å². The van der Waals surface area contributed by atoms with Gasteiger partial charge in [0.1, 0.15) is 5.82 Å². The molecule has 0 N–H and O–H groups in total. The highest BCUT2D eigenvalue weighted by Crippen LogP contribution is 2.31. The lowest BCUT2D eigenvalue weighted by Gasteiger charge is -2.21. The van der Waals surface area contributed by atoms with Gasteiger partial charge in [-0.3, -0.25) is 0 Å². The Morgan fingerprint density at radius 2 is 2.00 bits per heavy atom. The third-order valence-electron chi connectivity index (χ3n) is 3.09. The summed E-state index contributed by atoms with van der Waals surface area (Å²) < 4.78 is 0. The van der Waals surface area contributed by atoms with Crippen molar-refractivity contribution < 1.29 is 0 Å². The molecule has 0 saturated heterocycles. The van der Waals surface area contributed by atoms with E-state index in [2.05, 4.69) is 28.7 Å². The minimum absolute atomic E-state index is 0.640. The second kappa shape index (κ2) is 4.97. The van der Waals surface area contributed by atoms with Gasteiger partial charge in [0.15, 0.2) is 0 Å². The van der Waals surface area contributed by atoms with Gasteiger partial charge in [0.2, 0.25) is 0 Å². The molecule has 1 heterocycles. The normalized spacial score (nSPS) is 18.0. The topological polar surface area (TPSA) is 25.8 Å². The molecule has 0 aliphatic heterocycles. The highest BCUT2D eigenvalue weighted by atomic mass is 32.1. The minimum atomic E-state index is 0.640. The summed E-state index contributed by atoms with van der Waals surface area (Å²) in [5.74, 6) is 2.18. The van der Waals surface area contributed by atoms with E-state index in [9.17, 15) is 0 Å². The Bertz CT molecular complexity index is 332. The second-order valence-corrected chi connectivity index (χ2v) is 4.66. The third-order valence-corrected chi connectivity index (χ3v) is 3.37. The van der Waals surface area contributed by atoms with Crippen LogP contribution in [0.5, 0.6) is 0 Å². The van der Waals surface area contributed by atoms with E-state index in [1.54, 1.807) is 0 Å². The molecule has 3 heteroatoms. The molecular weight excluding hydrogens is 204 g/mol. The molecule has 0 unspecified atom stereocenters. The van der Waals surface area contributed by atoms with Crippen molar-refractivity contribution in [3.8, 4) is 0 Å². The van der Waals surface area contributed by atoms with Crippen LogP contribution in [0.1, 0.15) is 55.2 Å². The number of hydrogen-bond acceptors (Lipinski definition) is 3. The van der Waals surface area contributed by atoms with Gasteiger partial charge in [-0.25, -0.2) is 9.97 Å². The Kier molecular flexibility index (Phi) is 3.62. The number of rotatable bonds is 2. The molecule has 1 aromatic rings. The van der Waals surface area contributed by atoms with Gasteiger partial charge >= 0.3 is 0 Å². The van der Waals surface area contributed by atoms with Crippen molar-refractivity contribution >= 4 is 12.6 Å². The van der Waals surface area contributed by atoms with E-state index < -0.39 is 0 Å². The molecule has 15 heavy (non-hydrogen) atoms. The first-order valence-corrected chi connectivity index (χ1v) is 6.38. The van der Waals surface area contributed by atoms with Crippen molar-refractivity contribution in [3.63, 3.8) is 0 Å². The summed E-state index contributed by atoms with van der Waals surface area (Å²) in [6.07, 6.45) is 6.68. The Morgan fingerprint density at radius 3 is 2.67 bits per heavy atom. The van der Waals surface area contributed by atoms with Crippen molar-refractivity contribution in [1.82, 2.24) is 9.97 Å². The standard InChI is InChI=1S/C12H18N2S/c1-9-7-11(14-12(8-15)13-9)10-5-3-2-4-6-10/h7,10,15H,2-6,8H2,1H3. The van der Waals surface area contributed by atoms with Crippen LogP contribution in [0.3, 0.4) is 0 Å². The molecule has 0 amide bonds.